The molecule has 2 amide bonds. The van der Waals surface area contributed by atoms with Gasteiger partial charge in [0.2, 0.25) is 5.91 Å². The first kappa shape index (κ1) is 14.4. The molecule has 2 rings (SSSR count). The van der Waals surface area contributed by atoms with Crippen LogP contribution in [0.3, 0.4) is 0 Å². The van der Waals surface area contributed by atoms with Gasteiger partial charge in [0.1, 0.15) is 0 Å². The van der Waals surface area contributed by atoms with Crippen molar-refractivity contribution in [1.82, 2.24) is 10.2 Å². The van der Waals surface area contributed by atoms with Crippen molar-refractivity contribution in [3.8, 4) is 0 Å². The molecule has 1 aromatic carbocycles. The van der Waals surface area contributed by atoms with Crippen LogP contribution >= 0.6 is 0 Å². The molecule has 1 aliphatic heterocycles. The zero-order chi connectivity index (χ0) is 14.9. The number of rotatable bonds is 2. The molecule has 0 saturated carbocycles. The summed E-state index contributed by atoms with van der Waals surface area (Å²) in [6.07, 6.45) is 0.671. The Bertz CT molecular complexity index is 556. The number of nitrogens with one attached hydrogen (secondary N) is 1. The molecule has 1 aromatic rings. The predicted octanol–water partition coefficient (Wildman–Crippen LogP) is 1.18. The Labute approximate surface area is 119 Å². The van der Waals surface area contributed by atoms with E-state index in [0.717, 1.165) is 5.56 Å². The van der Waals surface area contributed by atoms with Gasteiger partial charge in [-0.15, -0.1) is 0 Å². The number of benzene rings is 1. The minimum Gasteiger partial charge on any atom is -0.398 e. The molecule has 0 aliphatic carbocycles. The van der Waals surface area contributed by atoms with Crippen molar-refractivity contribution in [2.24, 2.45) is 5.41 Å². The summed E-state index contributed by atoms with van der Waals surface area (Å²) in [4.78, 5) is 26.1. The SMILES string of the molecule is CNC(=O)C1(C)CCN(C(=O)c2cc(C)ccc2N)C1. The van der Waals surface area contributed by atoms with Gasteiger partial charge in [0, 0.05) is 25.8 Å². The molecule has 1 saturated heterocycles. The maximum atomic E-state index is 12.5. The molecule has 0 bridgehead atoms. The van der Waals surface area contributed by atoms with Crippen molar-refractivity contribution in [2.45, 2.75) is 20.3 Å². The van der Waals surface area contributed by atoms with Gasteiger partial charge in [0.05, 0.1) is 11.0 Å². The van der Waals surface area contributed by atoms with Crippen LogP contribution in [0.1, 0.15) is 29.3 Å². The monoisotopic (exact) mass is 275 g/mol. The second kappa shape index (κ2) is 5.15. The lowest BCUT2D eigenvalue weighted by Gasteiger charge is -2.23. The molecule has 0 spiro atoms. The zero-order valence-corrected chi connectivity index (χ0v) is 12.2. The smallest absolute Gasteiger partial charge is 0.255 e. The Morgan fingerprint density at radius 1 is 1.40 bits per heavy atom. The fraction of sp³-hybridized carbons (Fsp3) is 0.467. The number of hydrogen-bond donors (Lipinski definition) is 2. The molecule has 0 aromatic heterocycles. The first-order valence-corrected chi connectivity index (χ1v) is 6.75. The van der Waals surface area contributed by atoms with Crippen LogP contribution in [0.15, 0.2) is 18.2 Å². The normalized spacial score (nSPS) is 21.9. The average Bonchev–Trinajstić information content (AvgIpc) is 2.83. The molecule has 108 valence electrons. The molecule has 1 unspecified atom stereocenters. The lowest BCUT2D eigenvalue weighted by atomic mass is 9.89. The van der Waals surface area contributed by atoms with Crippen molar-refractivity contribution in [1.29, 1.82) is 0 Å². The number of aryl methyl sites for hydroxylation is 1. The minimum atomic E-state index is -0.511. The van der Waals surface area contributed by atoms with Crippen LogP contribution in [-0.4, -0.2) is 36.9 Å². The third-order valence-corrected chi connectivity index (χ3v) is 3.97. The Kier molecular flexibility index (Phi) is 3.70. The molecule has 0 radical (unpaired) electrons. The first-order valence-electron chi connectivity index (χ1n) is 6.75. The fourth-order valence-electron chi connectivity index (χ4n) is 2.65. The summed E-state index contributed by atoms with van der Waals surface area (Å²) >= 11 is 0. The van der Waals surface area contributed by atoms with Gasteiger partial charge >= 0.3 is 0 Å². The van der Waals surface area contributed by atoms with Crippen LogP contribution in [-0.2, 0) is 4.79 Å². The van der Waals surface area contributed by atoms with Crippen LogP contribution in [0.25, 0.3) is 0 Å². The van der Waals surface area contributed by atoms with Crippen molar-refractivity contribution in [2.75, 3.05) is 25.9 Å². The Morgan fingerprint density at radius 2 is 2.10 bits per heavy atom. The molecule has 5 heteroatoms. The summed E-state index contributed by atoms with van der Waals surface area (Å²) in [6.45, 7) is 4.82. The van der Waals surface area contributed by atoms with Gasteiger partial charge in [-0.2, -0.15) is 0 Å². The zero-order valence-electron chi connectivity index (χ0n) is 12.2. The van der Waals surface area contributed by atoms with E-state index in [-0.39, 0.29) is 11.8 Å². The highest BCUT2D eigenvalue weighted by atomic mass is 16.2. The molecule has 20 heavy (non-hydrogen) atoms. The number of nitrogens with two attached hydrogens (primary N) is 1. The fourth-order valence-corrected chi connectivity index (χ4v) is 2.65. The van der Waals surface area contributed by atoms with Gasteiger partial charge in [-0.25, -0.2) is 0 Å². The second-order valence-electron chi connectivity index (χ2n) is 5.71. The van der Waals surface area contributed by atoms with Crippen LogP contribution in [0, 0.1) is 12.3 Å². The van der Waals surface area contributed by atoms with Crippen LogP contribution in [0.4, 0.5) is 5.69 Å². The van der Waals surface area contributed by atoms with Gasteiger partial charge in [0.25, 0.3) is 5.91 Å². The number of nitrogen functional groups attached to an aromatic ring is 1. The number of amides is 2. The summed E-state index contributed by atoms with van der Waals surface area (Å²) in [5.41, 5.74) is 7.37. The van der Waals surface area contributed by atoms with E-state index in [9.17, 15) is 9.59 Å². The van der Waals surface area contributed by atoms with Gasteiger partial charge < -0.3 is 16.0 Å². The number of likely N-dealkylation sites (tertiary alicyclic amines) is 1. The molecule has 1 aliphatic rings. The predicted molar refractivity (Wildman–Crippen MR) is 78.3 cm³/mol. The van der Waals surface area contributed by atoms with Crippen molar-refractivity contribution in [3.05, 3.63) is 29.3 Å². The highest BCUT2D eigenvalue weighted by Gasteiger charge is 2.41. The lowest BCUT2D eigenvalue weighted by molar-refractivity contribution is -0.128. The number of hydrogen-bond acceptors (Lipinski definition) is 3. The van der Waals surface area contributed by atoms with Gasteiger partial charge in [0.15, 0.2) is 0 Å². The molecular weight excluding hydrogens is 254 g/mol. The molecule has 3 N–H and O–H groups in total. The van der Waals surface area contributed by atoms with E-state index in [4.69, 9.17) is 5.73 Å². The topological polar surface area (TPSA) is 75.4 Å². The number of carbonyl (C=O) groups is 2. The van der Waals surface area contributed by atoms with Gasteiger partial charge in [-0.3, -0.25) is 9.59 Å². The van der Waals surface area contributed by atoms with E-state index < -0.39 is 5.41 Å². The van der Waals surface area contributed by atoms with Crippen molar-refractivity contribution < 1.29 is 9.59 Å². The quantitative estimate of drug-likeness (QED) is 0.796. The first-order chi connectivity index (χ1) is 9.37. The number of anilines is 1. The summed E-state index contributed by atoms with van der Waals surface area (Å²) in [5.74, 6) is -0.121. The third-order valence-electron chi connectivity index (χ3n) is 3.97. The van der Waals surface area contributed by atoms with Gasteiger partial charge in [-0.05, 0) is 32.4 Å². The summed E-state index contributed by atoms with van der Waals surface area (Å²) in [7, 11) is 1.62. The van der Waals surface area contributed by atoms with E-state index >= 15 is 0 Å². The minimum absolute atomic E-state index is 0.0231. The van der Waals surface area contributed by atoms with Crippen LogP contribution in [0.5, 0.6) is 0 Å². The molecule has 1 heterocycles. The second-order valence-corrected chi connectivity index (χ2v) is 5.71. The summed E-state index contributed by atoms with van der Waals surface area (Å²) in [5, 5.41) is 2.67. The van der Waals surface area contributed by atoms with Crippen LogP contribution < -0.4 is 11.1 Å². The van der Waals surface area contributed by atoms with E-state index in [2.05, 4.69) is 5.32 Å². The Hall–Kier alpha value is -2.04. The third kappa shape index (κ3) is 2.48. The van der Waals surface area contributed by atoms with E-state index in [1.165, 1.54) is 0 Å². The molecule has 1 atom stereocenters. The van der Waals surface area contributed by atoms with E-state index in [1.54, 1.807) is 24.1 Å². The number of nitrogens with zero attached hydrogens (tertiary/aromatic N) is 1. The molecule has 1 fully saturated rings. The maximum absolute atomic E-state index is 12.5. The van der Waals surface area contributed by atoms with Crippen molar-refractivity contribution in [3.63, 3.8) is 0 Å². The highest BCUT2D eigenvalue weighted by Crippen LogP contribution is 2.31. The number of carbonyl (C=O) groups excluding carboxylic acids is 2. The summed E-state index contributed by atoms with van der Waals surface area (Å²) in [6, 6.07) is 5.43. The summed E-state index contributed by atoms with van der Waals surface area (Å²) < 4.78 is 0. The lowest BCUT2D eigenvalue weighted by Crippen LogP contribution is -2.40. The highest BCUT2D eigenvalue weighted by molar-refractivity contribution is 6.00. The maximum Gasteiger partial charge on any atom is 0.255 e. The van der Waals surface area contributed by atoms with E-state index in [0.29, 0.717) is 30.8 Å². The van der Waals surface area contributed by atoms with Crippen LogP contribution in [0.2, 0.25) is 0 Å². The average molecular weight is 275 g/mol. The standard InChI is InChI=1S/C15H21N3O2/c1-10-4-5-12(16)11(8-10)13(19)18-7-6-15(2,9-18)14(20)17-3/h4-5,8H,6-7,9,16H2,1-3H3,(H,17,20). The largest absolute Gasteiger partial charge is 0.398 e. The Balaban J connectivity index is 2.20. The van der Waals surface area contributed by atoms with E-state index in [1.807, 2.05) is 19.9 Å². The molecule has 5 nitrogen and oxygen atoms in total. The Morgan fingerprint density at radius 3 is 2.75 bits per heavy atom. The van der Waals surface area contributed by atoms with Gasteiger partial charge in [-0.1, -0.05) is 11.6 Å². The molecular formula is C15H21N3O2. The van der Waals surface area contributed by atoms with Crippen molar-refractivity contribution >= 4 is 17.5 Å².